The molecule has 1 aliphatic heterocycles. The van der Waals surface area contributed by atoms with Crippen LogP contribution in [0.4, 0.5) is 14.9 Å². The highest BCUT2D eigenvalue weighted by atomic mass is 32.2. The van der Waals surface area contributed by atoms with Crippen molar-refractivity contribution in [1.82, 2.24) is 0 Å². The second-order valence-corrected chi connectivity index (χ2v) is 7.50. The average Bonchev–Trinajstić information content (AvgIpc) is 3.00. The minimum absolute atomic E-state index is 0.0282. The summed E-state index contributed by atoms with van der Waals surface area (Å²) in [5, 5.41) is 13.2. The summed E-state index contributed by atoms with van der Waals surface area (Å²) in [6, 6.07) is 4.44. The van der Waals surface area contributed by atoms with Gasteiger partial charge in [-0.2, -0.15) is 11.8 Å². The SMILES string of the molecule is O=C(Nc1ccc(C2(O)CCSCC2)c(F)c1)OC1CCCC1. The van der Waals surface area contributed by atoms with Gasteiger partial charge in [-0.05, 0) is 62.2 Å². The third kappa shape index (κ3) is 3.98. The Morgan fingerprint density at radius 2 is 2.00 bits per heavy atom. The quantitative estimate of drug-likeness (QED) is 0.873. The predicted octanol–water partition coefficient (Wildman–Crippen LogP) is 4.03. The zero-order valence-corrected chi connectivity index (χ0v) is 13.8. The Labute approximate surface area is 139 Å². The monoisotopic (exact) mass is 339 g/mol. The number of rotatable bonds is 3. The maximum absolute atomic E-state index is 14.4. The lowest BCUT2D eigenvalue weighted by Gasteiger charge is -2.32. The van der Waals surface area contributed by atoms with Gasteiger partial charge < -0.3 is 9.84 Å². The number of halogens is 1. The standard InChI is InChI=1S/C17H22FNO3S/c18-15-11-12(19-16(20)22-13-3-1-2-4-13)5-6-14(15)17(21)7-9-23-10-8-17/h5-6,11,13,21H,1-4,7-10H2,(H,19,20). The molecule has 2 N–H and O–H groups in total. The van der Waals surface area contributed by atoms with E-state index >= 15 is 0 Å². The average molecular weight is 339 g/mol. The van der Waals surface area contributed by atoms with E-state index in [9.17, 15) is 14.3 Å². The van der Waals surface area contributed by atoms with Gasteiger partial charge in [0.2, 0.25) is 0 Å². The van der Waals surface area contributed by atoms with Crippen LogP contribution < -0.4 is 5.32 Å². The molecule has 2 aliphatic rings. The van der Waals surface area contributed by atoms with Gasteiger partial charge in [0.1, 0.15) is 11.9 Å². The second kappa shape index (κ2) is 7.09. The maximum atomic E-state index is 14.4. The van der Waals surface area contributed by atoms with Crippen molar-refractivity contribution in [2.45, 2.75) is 50.2 Å². The molecule has 6 heteroatoms. The second-order valence-electron chi connectivity index (χ2n) is 6.28. The third-order valence-corrected chi connectivity index (χ3v) is 5.60. The van der Waals surface area contributed by atoms with Crippen molar-refractivity contribution in [2.75, 3.05) is 16.8 Å². The van der Waals surface area contributed by atoms with Crippen LogP contribution in [0.5, 0.6) is 0 Å². The molecule has 126 valence electrons. The zero-order chi connectivity index (χ0) is 16.3. The van der Waals surface area contributed by atoms with E-state index in [0.717, 1.165) is 37.2 Å². The lowest BCUT2D eigenvalue weighted by Crippen LogP contribution is -2.31. The predicted molar refractivity (Wildman–Crippen MR) is 89.2 cm³/mol. The van der Waals surface area contributed by atoms with Gasteiger partial charge in [-0.15, -0.1) is 0 Å². The fourth-order valence-corrected chi connectivity index (χ4v) is 4.42. The summed E-state index contributed by atoms with van der Waals surface area (Å²) in [7, 11) is 0. The number of nitrogens with one attached hydrogen (secondary N) is 1. The van der Waals surface area contributed by atoms with Crippen molar-refractivity contribution in [2.24, 2.45) is 0 Å². The third-order valence-electron chi connectivity index (χ3n) is 4.61. The molecule has 0 radical (unpaired) electrons. The van der Waals surface area contributed by atoms with E-state index in [1.165, 1.54) is 6.07 Å². The number of ether oxygens (including phenoxy) is 1. The Morgan fingerprint density at radius 3 is 2.65 bits per heavy atom. The first kappa shape index (κ1) is 16.6. The van der Waals surface area contributed by atoms with Gasteiger partial charge in [0.15, 0.2) is 0 Å². The van der Waals surface area contributed by atoms with E-state index in [1.807, 2.05) is 0 Å². The zero-order valence-electron chi connectivity index (χ0n) is 13.0. The highest BCUT2D eigenvalue weighted by Gasteiger charge is 2.34. The molecule has 1 aromatic rings. The van der Waals surface area contributed by atoms with E-state index in [-0.39, 0.29) is 6.10 Å². The van der Waals surface area contributed by atoms with Crippen molar-refractivity contribution >= 4 is 23.5 Å². The van der Waals surface area contributed by atoms with Crippen molar-refractivity contribution < 1.29 is 19.0 Å². The number of amides is 1. The van der Waals surface area contributed by atoms with Gasteiger partial charge in [-0.1, -0.05) is 6.07 Å². The fourth-order valence-electron chi connectivity index (χ4n) is 3.25. The normalized spacial score (nSPS) is 21.1. The smallest absolute Gasteiger partial charge is 0.411 e. The molecule has 0 spiro atoms. The van der Waals surface area contributed by atoms with Crippen LogP contribution in [0.2, 0.25) is 0 Å². The van der Waals surface area contributed by atoms with Crippen LogP contribution >= 0.6 is 11.8 Å². The van der Waals surface area contributed by atoms with Crippen LogP contribution in [0.15, 0.2) is 18.2 Å². The van der Waals surface area contributed by atoms with Crippen molar-refractivity contribution in [3.63, 3.8) is 0 Å². The number of aliphatic hydroxyl groups is 1. The Balaban J connectivity index is 1.65. The van der Waals surface area contributed by atoms with E-state index in [0.29, 0.717) is 24.1 Å². The van der Waals surface area contributed by atoms with E-state index < -0.39 is 17.5 Å². The lowest BCUT2D eigenvalue weighted by molar-refractivity contribution is 0.0246. The Bertz CT molecular complexity index is 569. The van der Waals surface area contributed by atoms with Crippen LogP contribution in [-0.2, 0) is 10.3 Å². The molecule has 0 bridgehead atoms. The number of benzene rings is 1. The van der Waals surface area contributed by atoms with Gasteiger partial charge in [0.25, 0.3) is 0 Å². The fraction of sp³-hybridized carbons (Fsp3) is 0.588. The molecule has 0 aromatic heterocycles. The minimum atomic E-state index is -1.10. The van der Waals surface area contributed by atoms with Crippen molar-refractivity contribution in [3.8, 4) is 0 Å². The Kier molecular flexibility index (Phi) is 5.11. The first-order chi connectivity index (χ1) is 11.1. The molecule has 3 rings (SSSR count). The minimum Gasteiger partial charge on any atom is -0.446 e. The summed E-state index contributed by atoms with van der Waals surface area (Å²) in [5.74, 6) is 1.16. The molecule has 1 saturated carbocycles. The molecular weight excluding hydrogens is 317 g/mol. The summed E-state index contributed by atoms with van der Waals surface area (Å²) >= 11 is 1.77. The van der Waals surface area contributed by atoms with E-state index in [4.69, 9.17) is 4.74 Å². The molecule has 4 nitrogen and oxygen atoms in total. The van der Waals surface area contributed by atoms with Crippen molar-refractivity contribution in [1.29, 1.82) is 0 Å². The molecule has 0 unspecified atom stereocenters. The molecule has 1 saturated heterocycles. The Morgan fingerprint density at radius 1 is 1.30 bits per heavy atom. The van der Waals surface area contributed by atoms with Gasteiger partial charge in [0, 0.05) is 11.3 Å². The largest absolute Gasteiger partial charge is 0.446 e. The van der Waals surface area contributed by atoms with Gasteiger partial charge in [-0.25, -0.2) is 9.18 Å². The Hall–Kier alpha value is -1.27. The molecule has 1 aromatic carbocycles. The molecule has 1 aliphatic carbocycles. The molecule has 1 amide bonds. The highest BCUT2D eigenvalue weighted by molar-refractivity contribution is 7.99. The van der Waals surface area contributed by atoms with Gasteiger partial charge >= 0.3 is 6.09 Å². The topological polar surface area (TPSA) is 58.6 Å². The maximum Gasteiger partial charge on any atom is 0.411 e. The molecule has 2 fully saturated rings. The number of carbonyl (C=O) groups is 1. The lowest BCUT2D eigenvalue weighted by atomic mass is 9.87. The van der Waals surface area contributed by atoms with Crippen LogP contribution in [0.3, 0.4) is 0 Å². The summed E-state index contributed by atoms with van der Waals surface area (Å²) in [6.45, 7) is 0. The van der Waals surface area contributed by atoms with E-state index in [2.05, 4.69) is 5.32 Å². The molecular formula is C17H22FNO3S. The first-order valence-corrected chi connectivity index (χ1v) is 9.30. The summed E-state index contributed by atoms with van der Waals surface area (Å²) in [6.07, 6.45) is 4.47. The van der Waals surface area contributed by atoms with Gasteiger partial charge in [0.05, 0.1) is 5.60 Å². The number of anilines is 1. The van der Waals surface area contributed by atoms with Crippen LogP contribution in [0, 0.1) is 5.82 Å². The molecule has 0 atom stereocenters. The number of carbonyl (C=O) groups excluding carboxylic acids is 1. The van der Waals surface area contributed by atoms with Crippen LogP contribution in [0.25, 0.3) is 0 Å². The number of thioether (sulfide) groups is 1. The van der Waals surface area contributed by atoms with Crippen LogP contribution in [-0.4, -0.2) is 28.8 Å². The molecule has 23 heavy (non-hydrogen) atoms. The van der Waals surface area contributed by atoms with Crippen molar-refractivity contribution in [3.05, 3.63) is 29.6 Å². The number of hydrogen-bond donors (Lipinski definition) is 2. The molecule has 1 heterocycles. The summed E-state index contributed by atoms with van der Waals surface area (Å²) < 4.78 is 19.7. The summed E-state index contributed by atoms with van der Waals surface area (Å²) in [5.41, 5.74) is -0.436. The summed E-state index contributed by atoms with van der Waals surface area (Å²) in [4.78, 5) is 11.8. The van der Waals surface area contributed by atoms with Gasteiger partial charge in [-0.3, -0.25) is 5.32 Å². The first-order valence-electron chi connectivity index (χ1n) is 8.15. The number of hydrogen-bond acceptors (Lipinski definition) is 4. The van der Waals surface area contributed by atoms with Crippen LogP contribution in [0.1, 0.15) is 44.1 Å². The highest BCUT2D eigenvalue weighted by Crippen LogP contribution is 2.37. The van der Waals surface area contributed by atoms with E-state index in [1.54, 1.807) is 23.9 Å².